The number of rotatable bonds is 8. The summed E-state index contributed by atoms with van der Waals surface area (Å²) < 4.78 is 28.2. The van der Waals surface area contributed by atoms with Gasteiger partial charge < -0.3 is 9.08 Å². The summed E-state index contributed by atoms with van der Waals surface area (Å²) in [6, 6.07) is 7.12. The lowest BCUT2D eigenvalue weighted by Gasteiger charge is -2.29. The van der Waals surface area contributed by atoms with Crippen LogP contribution in [0.2, 0.25) is 0 Å². The van der Waals surface area contributed by atoms with E-state index in [-0.39, 0.29) is 23.6 Å². The van der Waals surface area contributed by atoms with Crippen molar-refractivity contribution in [2.45, 2.75) is 52.6 Å². The fourth-order valence-electron chi connectivity index (χ4n) is 2.33. The van der Waals surface area contributed by atoms with Gasteiger partial charge in [0.1, 0.15) is 5.75 Å². The van der Waals surface area contributed by atoms with E-state index < -0.39 is 10.1 Å². The van der Waals surface area contributed by atoms with E-state index in [9.17, 15) is 13.2 Å². The van der Waals surface area contributed by atoms with Crippen molar-refractivity contribution >= 4 is 16.0 Å². The molecule has 1 aliphatic carbocycles. The van der Waals surface area contributed by atoms with Crippen molar-refractivity contribution in [2.24, 2.45) is 5.92 Å². The number of amides is 1. The van der Waals surface area contributed by atoms with Crippen molar-refractivity contribution in [1.29, 1.82) is 0 Å². The van der Waals surface area contributed by atoms with Crippen molar-refractivity contribution in [3.05, 3.63) is 29.8 Å². The van der Waals surface area contributed by atoms with Gasteiger partial charge in [0, 0.05) is 18.5 Å². The average molecular weight is 339 g/mol. The first kappa shape index (κ1) is 17.8. The van der Waals surface area contributed by atoms with Crippen LogP contribution in [0.3, 0.4) is 0 Å². The minimum atomic E-state index is -3.54. The van der Waals surface area contributed by atoms with Crippen LogP contribution in [0.15, 0.2) is 24.3 Å². The van der Waals surface area contributed by atoms with E-state index in [1.807, 2.05) is 17.9 Å². The van der Waals surface area contributed by atoms with Gasteiger partial charge in [-0.25, -0.2) is 0 Å². The molecule has 0 N–H and O–H groups in total. The molecular formula is C17H25NO4S. The molecule has 0 spiro atoms. The predicted octanol–water partition coefficient (Wildman–Crippen LogP) is 2.95. The highest BCUT2D eigenvalue weighted by Crippen LogP contribution is 2.32. The largest absolute Gasteiger partial charge is 0.382 e. The Morgan fingerprint density at radius 1 is 1.35 bits per heavy atom. The van der Waals surface area contributed by atoms with Gasteiger partial charge >= 0.3 is 10.1 Å². The van der Waals surface area contributed by atoms with Crippen molar-refractivity contribution in [3.63, 3.8) is 0 Å². The molecule has 0 radical (unpaired) electrons. The number of hydrogen-bond donors (Lipinski definition) is 0. The molecule has 1 aromatic carbocycles. The third-order valence-corrected chi connectivity index (χ3v) is 5.31. The van der Waals surface area contributed by atoms with Gasteiger partial charge in [-0.15, -0.1) is 0 Å². The number of nitrogens with zero attached hydrogens (tertiary/aromatic N) is 1. The molecular weight excluding hydrogens is 314 g/mol. The molecule has 2 rings (SSSR count). The van der Waals surface area contributed by atoms with Gasteiger partial charge in [0.05, 0.1) is 5.75 Å². The van der Waals surface area contributed by atoms with Crippen LogP contribution >= 0.6 is 0 Å². The zero-order valence-corrected chi connectivity index (χ0v) is 14.8. The molecule has 5 nitrogen and oxygen atoms in total. The Labute approximate surface area is 138 Å². The summed E-state index contributed by atoms with van der Waals surface area (Å²) in [7, 11) is -3.54. The molecule has 0 saturated heterocycles. The molecule has 0 aliphatic heterocycles. The van der Waals surface area contributed by atoms with Crippen molar-refractivity contribution < 1.29 is 17.4 Å². The molecule has 1 fully saturated rings. The molecule has 6 heteroatoms. The lowest BCUT2D eigenvalue weighted by Crippen LogP contribution is -2.38. The summed E-state index contributed by atoms with van der Waals surface area (Å²) in [5.74, 6) is 0.596. The van der Waals surface area contributed by atoms with Gasteiger partial charge in [0.25, 0.3) is 0 Å². The van der Waals surface area contributed by atoms with E-state index in [0.29, 0.717) is 12.3 Å². The van der Waals surface area contributed by atoms with Crippen LogP contribution in [0, 0.1) is 5.92 Å². The normalized spacial score (nSPS) is 16.0. The second-order valence-corrected chi connectivity index (χ2v) is 7.93. The van der Waals surface area contributed by atoms with Gasteiger partial charge in [0.2, 0.25) is 5.91 Å². The number of hydrogen-bond acceptors (Lipinski definition) is 4. The van der Waals surface area contributed by atoms with Crippen LogP contribution in [0.5, 0.6) is 5.75 Å². The average Bonchev–Trinajstić information content (AvgIpc) is 3.36. The van der Waals surface area contributed by atoms with E-state index >= 15 is 0 Å². The first-order valence-corrected chi connectivity index (χ1v) is 9.75. The topological polar surface area (TPSA) is 63.7 Å². The van der Waals surface area contributed by atoms with Crippen LogP contribution in [-0.4, -0.2) is 31.0 Å². The van der Waals surface area contributed by atoms with Crippen molar-refractivity contribution in [2.75, 3.05) is 5.75 Å². The van der Waals surface area contributed by atoms with Crippen LogP contribution in [0.1, 0.15) is 45.6 Å². The Morgan fingerprint density at radius 2 is 2.04 bits per heavy atom. The molecule has 1 saturated carbocycles. The highest BCUT2D eigenvalue weighted by atomic mass is 32.2. The first-order valence-electron chi connectivity index (χ1n) is 8.17. The van der Waals surface area contributed by atoms with Crippen molar-refractivity contribution in [3.8, 4) is 5.75 Å². The fourth-order valence-corrected chi connectivity index (χ4v) is 2.85. The second-order valence-electron chi connectivity index (χ2n) is 6.07. The quantitative estimate of drug-likeness (QED) is 0.683. The maximum atomic E-state index is 12.5. The molecule has 0 aromatic heterocycles. The maximum Gasteiger partial charge on any atom is 0.308 e. The standard InChI is InChI=1S/C17H25NO4S/c1-4-13(3)18(17(19)15-9-10-15)12-14-7-6-8-16(11-14)22-23(20,21)5-2/h6-8,11,13,15H,4-5,9-10,12H2,1-3H3/t13-/m0/s1. The Hall–Kier alpha value is -1.56. The Balaban J connectivity index is 2.14. The van der Waals surface area contributed by atoms with E-state index in [0.717, 1.165) is 24.8 Å². The summed E-state index contributed by atoms with van der Waals surface area (Å²) in [5, 5.41) is 0. The minimum Gasteiger partial charge on any atom is -0.382 e. The maximum absolute atomic E-state index is 12.5. The lowest BCUT2D eigenvalue weighted by molar-refractivity contribution is -0.135. The molecule has 1 atom stereocenters. The molecule has 1 aromatic rings. The molecule has 128 valence electrons. The van der Waals surface area contributed by atoms with Gasteiger partial charge in [-0.1, -0.05) is 19.1 Å². The number of benzene rings is 1. The summed E-state index contributed by atoms with van der Waals surface area (Å²) in [5.41, 5.74) is 0.878. The minimum absolute atomic E-state index is 0.0730. The SMILES string of the molecule is CC[C@H](C)N(Cc1cccc(OS(=O)(=O)CC)c1)C(=O)C1CC1. The van der Waals surface area contributed by atoms with Gasteiger partial charge in [-0.2, -0.15) is 8.42 Å². The molecule has 23 heavy (non-hydrogen) atoms. The third-order valence-electron chi connectivity index (χ3n) is 4.16. The van der Waals surface area contributed by atoms with Gasteiger partial charge in [-0.05, 0) is 50.8 Å². The molecule has 1 aliphatic rings. The third kappa shape index (κ3) is 4.96. The molecule has 1 amide bonds. The zero-order valence-electron chi connectivity index (χ0n) is 14.0. The van der Waals surface area contributed by atoms with Crippen LogP contribution in [0.4, 0.5) is 0 Å². The monoisotopic (exact) mass is 339 g/mol. The predicted molar refractivity (Wildman–Crippen MR) is 89.6 cm³/mol. The smallest absolute Gasteiger partial charge is 0.308 e. The molecule has 0 heterocycles. The van der Waals surface area contributed by atoms with E-state index in [1.165, 1.54) is 6.92 Å². The second kappa shape index (κ2) is 7.34. The van der Waals surface area contributed by atoms with Crippen LogP contribution < -0.4 is 4.18 Å². The Kier molecular flexibility index (Phi) is 5.68. The van der Waals surface area contributed by atoms with Crippen LogP contribution in [-0.2, 0) is 21.5 Å². The Morgan fingerprint density at radius 3 is 2.61 bits per heavy atom. The zero-order chi connectivity index (χ0) is 17.0. The summed E-state index contributed by atoms with van der Waals surface area (Å²) in [6.45, 7) is 6.12. The number of carbonyl (C=O) groups excluding carboxylic acids is 1. The van der Waals surface area contributed by atoms with Gasteiger partial charge in [0.15, 0.2) is 0 Å². The number of carbonyl (C=O) groups is 1. The Bertz CT molecular complexity index is 652. The lowest BCUT2D eigenvalue weighted by atomic mass is 10.1. The van der Waals surface area contributed by atoms with Crippen LogP contribution in [0.25, 0.3) is 0 Å². The molecule has 0 bridgehead atoms. The highest BCUT2D eigenvalue weighted by molar-refractivity contribution is 7.87. The first-order chi connectivity index (χ1) is 10.9. The summed E-state index contributed by atoms with van der Waals surface area (Å²) in [4.78, 5) is 14.4. The van der Waals surface area contributed by atoms with E-state index in [4.69, 9.17) is 4.18 Å². The summed E-state index contributed by atoms with van der Waals surface area (Å²) >= 11 is 0. The summed E-state index contributed by atoms with van der Waals surface area (Å²) in [6.07, 6.45) is 2.84. The van der Waals surface area contributed by atoms with Gasteiger partial charge in [-0.3, -0.25) is 4.79 Å². The molecule has 0 unspecified atom stereocenters. The van der Waals surface area contributed by atoms with E-state index in [1.54, 1.807) is 18.2 Å². The van der Waals surface area contributed by atoms with Crippen molar-refractivity contribution in [1.82, 2.24) is 4.90 Å². The fraction of sp³-hybridized carbons (Fsp3) is 0.588. The highest BCUT2D eigenvalue weighted by Gasteiger charge is 2.34. The van der Waals surface area contributed by atoms with E-state index in [2.05, 4.69) is 6.92 Å².